The summed E-state index contributed by atoms with van der Waals surface area (Å²) < 4.78 is 10.0. The molecule has 3 heterocycles. The largest absolute Gasteiger partial charge is 0.381 e. The van der Waals surface area contributed by atoms with E-state index in [1.54, 1.807) is 0 Å². The van der Waals surface area contributed by atoms with Gasteiger partial charge in [-0.3, -0.25) is 0 Å². The zero-order valence-electron chi connectivity index (χ0n) is 12.4. The van der Waals surface area contributed by atoms with E-state index >= 15 is 0 Å². The number of hydrogen-bond donors (Lipinski definition) is 1. The predicted molar refractivity (Wildman–Crippen MR) is 74.5 cm³/mol. The third-order valence-electron chi connectivity index (χ3n) is 4.60. The van der Waals surface area contributed by atoms with Crippen LogP contribution < -0.4 is 5.32 Å². The number of carbonyl (C=O) groups is 1. The lowest BCUT2D eigenvalue weighted by Gasteiger charge is -2.27. The van der Waals surface area contributed by atoms with Gasteiger partial charge < -0.3 is 15.0 Å². The van der Waals surface area contributed by atoms with E-state index in [4.69, 9.17) is 4.74 Å². The van der Waals surface area contributed by atoms with Crippen LogP contribution in [-0.4, -0.2) is 47.5 Å². The maximum absolute atomic E-state index is 12.2. The molecule has 0 bridgehead atoms. The second-order valence-corrected chi connectivity index (χ2v) is 5.90. The van der Waals surface area contributed by atoms with Crippen molar-refractivity contribution < 1.29 is 14.2 Å². The zero-order chi connectivity index (χ0) is 14.7. The maximum atomic E-state index is 12.2. The number of likely N-dealkylation sites (tertiary alicyclic amines) is 1. The van der Waals surface area contributed by atoms with E-state index in [0.29, 0.717) is 24.1 Å². The number of nitrogens with one attached hydrogen (secondary N) is 1. The summed E-state index contributed by atoms with van der Waals surface area (Å²) in [6.07, 6.45) is 3.36. The Morgan fingerprint density at radius 1 is 1.29 bits per heavy atom. The molecule has 1 aromatic heterocycles. The van der Waals surface area contributed by atoms with Gasteiger partial charge in [-0.15, -0.1) is 0 Å². The topological polar surface area (TPSA) is 80.5 Å². The summed E-state index contributed by atoms with van der Waals surface area (Å²) >= 11 is 0. The monoisotopic (exact) mass is 294 g/mol. The lowest BCUT2D eigenvalue weighted by atomic mass is 9.85. The highest BCUT2D eigenvalue weighted by Crippen LogP contribution is 2.31. The van der Waals surface area contributed by atoms with Gasteiger partial charge >= 0.3 is 6.03 Å². The molecule has 2 amide bonds. The lowest BCUT2D eigenvalue weighted by molar-refractivity contribution is 0.0484. The quantitative estimate of drug-likeness (QED) is 0.909. The van der Waals surface area contributed by atoms with Crippen LogP contribution in [0.25, 0.3) is 0 Å². The third-order valence-corrected chi connectivity index (χ3v) is 4.60. The first kappa shape index (κ1) is 14.3. The molecule has 0 saturated carbocycles. The molecule has 0 spiro atoms. The summed E-state index contributed by atoms with van der Waals surface area (Å²) in [5.74, 6) is 1.33. The van der Waals surface area contributed by atoms with Crippen LogP contribution in [0, 0.1) is 18.8 Å². The molecule has 2 saturated heterocycles. The number of amides is 2. The predicted octanol–water partition coefficient (Wildman–Crippen LogP) is 1.34. The third kappa shape index (κ3) is 3.34. The average molecular weight is 294 g/mol. The fourth-order valence-electron chi connectivity index (χ4n) is 3.22. The number of hydrogen-bond acceptors (Lipinski definition) is 5. The van der Waals surface area contributed by atoms with Crippen LogP contribution in [0.5, 0.6) is 0 Å². The molecule has 21 heavy (non-hydrogen) atoms. The van der Waals surface area contributed by atoms with E-state index < -0.39 is 0 Å². The van der Waals surface area contributed by atoms with Crippen molar-refractivity contribution in [2.75, 3.05) is 26.3 Å². The standard InChI is InChI=1S/C14H22N4O3/c1-10-13(17-21-16-10)8-15-14(19)18-5-2-12(9-18)11-3-6-20-7-4-11/h11-12H,2-9H2,1H3,(H,15,19). The van der Waals surface area contributed by atoms with Crippen LogP contribution in [0.3, 0.4) is 0 Å². The molecular formula is C14H22N4O3. The molecule has 1 atom stereocenters. The molecule has 116 valence electrons. The molecule has 2 aliphatic heterocycles. The fourth-order valence-corrected chi connectivity index (χ4v) is 3.22. The van der Waals surface area contributed by atoms with Gasteiger partial charge in [-0.1, -0.05) is 10.3 Å². The van der Waals surface area contributed by atoms with Gasteiger partial charge in [0.25, 0.3) is 0 Å². The van der Waals surface area contributed by atoms with Crippen LogP contribution in [0.4, 0.5) is 4.79 Å². The average Bonchev–Trinajstić information content (AvgIpc) is 3.15. The molecular weight excluding hydrogens is 272 g/mol. The minimum absolute atomic E-state index is 0.0213. The second kappa shape index (κ2) is 6.43. The first-order chi connectivity index (χ1) is 10.2. The van der Waals surface area contributed by atoms with Crippen LogP contribution >= 0.6 is 0 Å². The molecule has 0 aliphatic carbocycles. The molecule has 2 fully saturated rings. The zero-order valence-corrected chi connectivity index (χ0v) is 12.4. The summed E-state index contributed by atoms with van der Waals surface area (Å²) in [6, 6.07) is -0.0213. The van der Waals surface area contributed by atoms with Gasteiger partial charge in [0.15, 0.2) is 0 Å². The Kier molecular flexibility index (Phi) is 4.38. The molecule has 1 aromatic rings. The SMILES string of the molecule is Cc1nonc1CNC(=O)N1CCC(C2CCOCC2)C1. The van der Waals surface area contributed by atoms with Gasteiger partial charge in [0.05, 0.1) is 6.54 Å². The highest BCUT2D eigenvalue weighted by atomic mass is 16.6. The van der Waals surface area contributed by atoms with Crippen LogP contribution in [-0.2, 0) is 11.3 Å². The fraction of sp³-hybridized carbons (Fsp3) is 0.786. The van der Waals surface area contributed by atoms with Crippen molar-refractivity contribution in [2.24, 2.45) is 11.8 Å². The van der Waals surface area contributed by atoms with Crippen molar-refractivity contribution in [1.82, 2.24) is 20.5 Å². The summed E-state index contributed by atoms with van der Waals surface area (Å²) in [6.45, 7) is 5.61. The highest BCUT2D eigenvalue weighted by Gasteiger charge is 2.32. The van der Waals surface area contributed by atoms with Gasteiger partial charge in [-0.05, 0) is 38.0 Å². The van der Waals surface area contributed by atoms with E-state index in [0.717, 1.165) is 51.3 Å². The van der Waals surface area contributed by atoms with E-state index in [2.05, 4.69) is 20.3 Å². The molecule has 0 aromatic carbocycles. The Hall–Kier alpha value is -1.63. The van der Waals surface area contributed by atoms with Crippen molar-refractivity contribution in [2.45, 2.75) is 32.7 Å². The van der Waals surface area contributed by atoms with Gasteiger partial charge in [-0.25, -0.2) is 9.42 Å². The lowest BCUT2D eigenvalue weighted by Crippen LogP contribution is -2.39. The first-order valence-electron chi connectivity index (χ1n) is 7.62. The van der Waals surface area contributed by atoms with E-state index in [-0.39, 0.29) is 6.03 Å². The Labute approximate surface area is 124 Å². The number of aromatic nitrogens is 2. The first-order valence-corrected chi connectivity index (χ1v) is 7.62. The highest BCUT2D eigenvalue weighted by molar-refractivity contribution is 5.74. The second-order valence-electron chi connectivity index (χ2n) is 5.90. The normalized spacial score (nSPS) is 23.5. The Bertz CT molecular complexity index is 484. The Morgan fingerprint density at radius 3 is 2.81 bits per heavy atom. The number of aryl methyl sites for hydroxylation is 1. The number of carbonyl (C=O) groups excluding carboxylic acids is 1. The molecule has 7 heteroatoms. The minimum atomic E-state index is -0.0213. The van der Waals surface area contributed by atoms with Crippen molar-refractivity contribution in [3.8, 4) is 0 Å². The van der Waals surface area contributed by atoms with Crippen LogP contribution in [0.2, 0.25) is 0 Å². The Morgan fingerprint density at radius 2 is 2.10 bits per heavy atom. The van der Waals surface area contributed by atoms with Gasteiger partial charge in [0, 0.05) is 26.3 Å². The minimum Gasteiger partial charge on any atom is -0.381 e. The molecule has 0 radical (unpaired) electrons. The van der Waals surface area contributed by atoms with Crippen molar-refractivity contribution >= 4 is 6.03 Å². The van der Waals surface area contributed by atoms with Crippen LogP contribution in [0.15, 0.2) is 4.63 Å². The van der Waals surface area contributed by atoms with E-state index in [1.165, 1.54) is 0 Å². The maximum Gasteiger partial charge on any atom is 0.317 e. The molecule has 1 N–H and O–H groups in total. The van der Waals surface area contributed by atoms with Gasteiger partial charge in [0.1, 0.15) is 11.4 Å². The van der Waals surface area contributed by atoms with Crippen molar-refractivity contribution in [3.63, 3.8) is 0 Å². The molecule has 7 nitrogen and oxygen atoms in total. The van der Waals surface area contributed by atoms with Crippen molar-refractivity contribution in [3.05, 3.63) is 11.4 Å². The number of ether oxygens (including phenoxy) is 1. The number of rotatable bonds is 3. The molecule has 1 unspecified atom stereocenters. The summed E-state index contributed by atoms with van der Waals surface area (Å²) in [4.78, 5) is 14.1. The van der Waals surface area contributed by atoms with Gasteiger partial charge in [-0.2, -0.15) is 0 Å². The summed E-state index contributed by atoms with van der Waals surface area (Å²) in [7, 11) is 0. The number of urea groups is 1. The summed E-state index contributed by atoms with van der Waals surface area (Å²) in [5, 5.41) is 10.4. The van der Waals surface area contributed by atoms with E-state index in [1.807, 2.05) is 11.8 Å². The van der Waals surface area contributed by atoms with Crippen LogP contribution in [0.1, 0.15) is 30.7 Å². The van der Waals surface area contributed by atoms with Crippen molar-refractivity contribution in [1.29, 1.82) is 0 Å². The van der Waals surface area contributed by atoms with E-state index in [9.17, 15) is 4.79 Å². The molecule has 3 rings (SSSR count). The van der Waals surface area contributed by atoms with Gasteiger partial charge in [0.2, 0.25) is 0 Å². The Balaban J connectivity index is 1.46. The summed E-state index contributed by atoms with van der Waals surface area (Å²) in [5.41, 5.74) is 1.40. The molecule has 2 aliphatic rings. The smallest absolute Gasteiger partial charge is 0.317 e. The number of nitrogens with zero attached hydrogens (tertiary/aromatic N) is 3.